The van der Waals surface area contributed by atoms with Gasteiger partial charge in [-0.15, -0.1) is 0 Å². The van der Waals surface area contributed by atoms with Crippen LogP contribution in [0.1, 0.15) is 26.3 Å². The average molecular weight is 402 g/mol. The Bertz CT molecular complexity index is 891. The van der Waals surface area contributed by atoms with Crippen molar-refractivity contribution in [1.29, 1.82) is 0 Å². The third-order valence-corrected chi connectivity index (χ3v) is 4.11. The molecule has 8 nitrogen and oxygen atoms in total. The highest BCUT2D eigenvalue weighted by Gasteiger charge is 2.21. The molecule has 1 amide bonds. The molecule has 29 heavy (non-hydrogen) atoms. The van der Waals surface area contributed by atoms with E-state index in [0.717, 1.165) is 17.1 Å². The summed E-state index contributed by atoms with van der Waals surface area (Å²) in [5.41, 5.74) is 1.46. The maximum absolute atomic E-state index is 12.3. The van der Waals surface area contributed by atoms with Crippen molar-refractivity contribution in [3.8, 4) is 23.0 Å². The lowest BCUT2D eigenvalue weighted by atomic mass is 10.1. The fourth-order valence-electron chi connectivity index (χ4n) is 2.82. The summed E-state index contributed by atoms with van der Waals surface area (Å²) in [5, 5.41) is 6.08. The molecule has 0 aromatic heterocycles. The second-order valence-corrected chi connectivity index (χ2v) is 7.41. The normalized spacial score (nSPS) is 12.3. The Morgan fingerprint density at radius 1 is 1.03 bits per heavy atom. The molecule has 0 saturated heterocycles. The van der Waals surface area contributed by atoms with Crippen molar-refractivity contribution in [2.75, 3.05) is 31.6 Å². The third-order valence-electron chi connectivity index (χ3n) is 4.11. The molecule has 0 aliphatic carbocycles. The van der Waals surface area contributed by atoms with Crippen LogP contribution in [0.5, 0.6) is 23.0 Å². The van der Waals surface area contributed by atoms with Gasteiger partial charge in [0, 0.05) is 24.2 Å². The molecular formula is C21H26N2O6. The number of ether oxygens (including phenoxy) is 5. The van der Waals surface area contributed by atoms with Gasteiger partial charge in [-0.25, -0.2) is 4.79 Å². The number of benzene rings is 2. The van der Waals surface area contributed by atoms with Gasteiger partial charge in [0.2, 0.25) is 6.79 Å². The topological polar surface area (TPSA) is 87.3 Å². The summed E-state index contributed by atoms with van der Waals surface area (Å²) in [6, 6.07) is 9.05. The minimum absolute atomic E-state index is 0.133. The van der Waals surface area contributed by atoms with Gasteiger partial charge in [-0.1, -0.05) is 0 Å². The van der Waals surface area contributed by atoms with E-state index < -0.39 is 11.7 Å². The van der Waals surface area contributed by atoms with E-state index in [-0.39, 0.29) is 6.79 Å². The molecule has 0 bridgehead atoms. The number of carbonyl (C=O) groups excluding carboxylic acids is 1. The van der Waals surface area contributed by atoms with E-state index in [1.54, 1.807) is 47.1 Å². The first-order valence-corrected chi connectivity index (χ1v) is 9.17. The Morgan fingerprint density at radius 3 is 2.34 bits per heavy atom. The summed E-state index contributed by atoms with van der Waals surface area (Å²) in [6.07, 6.45) is -0.557. The van der Waals surface area contributed by atoms with Crippen molar-refractivity contribution in [3.05, 3.63) is 35.9 Å². The maximum atomic E-state index is 12.3. The Hall–Kier alpha value is -3.29. The average Bonchev–Trinajstić information content (AvgIpc) is 3.11. The van der Waals surface area contributed by atoms with Gasteiger partial charge in [0.05, 0.1) is 25.6 Å². The van der Waals surface area contributed by atoms with E-state index in [1.165, 1.54) is 0 Å². The highest BCUT2D eigenvalue weighted by atomic mass is 16.7. The maximum Gasteiger partial charge on any atom is 0.412 e. The summed E-state index contributed by atoms with van der Waals surface area (Å²) in [4.78, 5) is 12.3. The van der Waals surface area contributed by atoms with E-state index in [4.69, 9.17) is 23.7 Å². The summed E-state index contributed by atoms with van der Waals surface area (Å²) in [7, 11) is 3.22. The predicted molar refractivity (Wildman–Crippen MR) is 109 cm³/mol. The molecule has 0 saturated carbocycles. The van der Waals surface area contributed by atoms with E-state index in [0.29, 0.717) is 29.4 Å². The number of hydrogen-bond acceptors (Lipinski definition) is 7. The van der Waals surface area contributed by atoms with Crippen molar-refractivity contribution in [2.24, 2.45) is 0 Å². The van der Waals surface area contributed by atoms with Crippen LogP contribution >= 0.6 is 0 Å². The molecule has 1 heterocycles. The molecule has 2 N–H and O–H groups in total. The molecule has 0 spiro atoms. The Labute approximate surface area is 170 Å². The van der Waals surface area contributed by atoms with Crippen LogP contribution in [-0.2, 0) is 11.3 Å². The minimum Gasteiger partial charge on any atom is -0.497 e. The van der Waals surface area contributed by atoms with Gasteiger partial charge in [-0.3, -0.25) is 5.32 Å². The molecule has 2 aromatic rings. The van der Waals surface area contributed by atoms with Gasteiger partial charge < -0.3 is 29.0 Å². The lowest BCUT2D eigenvalue weighted by Gasteiger charge is -2.21. The Morgan fingerprint density at radius 2 is 1.72 bits per heavy atom. The molecule has 0 radical (unpaired) electrons. The summed E-state index contributed by atoms with van der Waals surface area (Å²) in [6.45, 7) is 5.98. The largest absolute Gasteiger partial charge is 0.497 e. The lowest BCUT2D eigenvalue weighted by Crippen LogP contribution is -2.27. The zero-order valence-electron chi connectivity index (χ0n) is 17.3. The molecule has 3 rings (SSSR count). The summed E-state index contributed by atoms with van der Waals surface area (Å²) < 4.78 is 27.0. The molecule has 0 fully saturated rings. The van der Waals surface area contributed by atoms with Crippen molar-refractivity contribution in [3.63, 3.8) is 0 Å². The number of amides is 1. The molecule has 2 aromatic carbocycles. The smallest absolute Gasteiger partial charge is 0.412 e. The standard InChI is InChI=1S/C21H26N2O6/c1-21(2,3)29-20(24)23-16-10-19-18(27-12-28-19)9-15(16)22-11-13-8-14(25-4)6-7-17(13)26-5/h6-10,22H,11-12H2,1-5H3,(H,23,24). The van der Waals surface area contributed by atoms with Crippen molar-refractivity contribution in [2.45, 2.75) is 32.9 Å². The van der Waals surface area contributed by atoms with Crippen LogP contribution in [0.4, 0.5) is 16.2 Å². The highest BCUT2D eigenvalue weighted by Crippen LogP contribution is 2.40. The zero-order valence-corrected chi connectivity index (χ0v) is 17.3. The van der Waals surface area contributed by atoms with Gasteiger partial charge in [-0.05, 0) is 39.0 Å². The van der Waals surface area contributed by atoms with Gasteiger partial charge in [0.25, 0.3) is 0 Å². The van der Waals surface area contributed by atoms with Crippen molar-refractivity contribution in [1.82, 2.24) is 0 Å². The number of rotatable bonds is 6. The molecule has 1 aliphatic heterocycles. The molecule has 0 atom stereocenters. The molecule has 156 valence electrons. The highest BCUT2D eigenvalue weighted by molar-refractivity contribution is 5.91. The van der Waals surface area contributed by atoms with E-state index in [2.05, 4.69) is 10.6 Å². The quantitative estimate of drug-likeness (QED) is 0.741. The van der Waals surface area contributed by atoms with Crippen LogP contribution in [-0.4, -0.2) is 32.7 Å². The number of methoxy groups -OCH3 is 2. The van der Waals surface area contributed by atoms with Gasteiger partial charge >= 0.3 is 6.09 Å². The second-order valence-electron chi connectivity index (χ2n) is 7.41. The SMILES string of the molecule is COc1ccc(OC)c(CNc2cc3c(cc2NC(=O)OC(C)(C)C)OCO3)c1. The van der Waals surface area contributed by atoms with E-state index in [9.17, 15) is 4.79 Å². The van der Waals surface area contributed by atoms with E-state index in [1.807, 2.05) is 18.2 Å². The molecule has 8 heteroatoms. The Kier molecular flexibility index (Phi) is 5.91. The van der Waals surface area contributed by atoms with Crippen molar-refractivity contribution >= 4 is 17.5 Å². The van der Waals surface area contributed by atoms with Crippen LogP contribution in [0.25, 0.3) is 0 Å². The lowest BCUT2D eigenvalue weighted by molar-refractivity contribution is 0.0636. The fourth-order valence-corrected chi connectivity index (χ4v) is 2.82. The first-order chi connectivity index (χ1) is 13.8. The second kappa shape index (κ2) is 8.38. The minimum atomic E-state index is -0.609. The van der Waals surface area contributed by atoms with Crippen LogP contribution in [0.15, 0.2) is 30.3 Å². The van der Waals surface area contributed by atoms with Crippen molar-refractivity contribution < 1.29 is 28.5 Å². The van der Waals surface area contributed by atoms with Crippen LogP contribution in [0.2, 0.25) is 0 Å². The molecule has 1 aliphatic rings. The van der Waals surface area contributed by atoms with Gasteiger partial charge in [0.1, 0.15) is 17.1 Å². The number of fused-ring (bicyclic) bond motifs is 1. The van der Waals surface area contributed by atoms with Crippen LogP contribution in [0, 0.1) is 0 Å². The number of carbonyl (C=O) groups is 1. The monoisotopic (exact) mass is 402 g/mol. The third kappa shape index (κ3) is 5.16. The number of nitrogens with one attached hydrogen (secondary N) is 2. The fraction of sp³-hybridized carbons (Fsp3) is 0.381. The first-order valence-electron chi connectivity index (χ1n) is 9.17. The first kappa shape index (κ1) is 20.4. The summed E-state index contributed by atoms with van der Waals surface area (Å²) in [5.74, 6) is 2.60. The van der Waals surface area contributed by atoms with Gasteiger partial charge in [-0.2, -0.15) is 0 Å². The molecular weight excluding hydrogens is 376 g/mol. The predicted octanol–water partition coefficient (Wildman–Crippen LogP) is 4.39. The zero-order chi connectivity index (χ0) is 21.0. The van der Waals surface area contributed by atoms with Crippen LogP contribution in [0.3, 0.4) is 0 Å². The number of anilines is 2. The Balaban J connectivity index is 1.84. The number of hydrogen-bond donors (Lipinski definition) is 2. The molecule has 0 unspecified atom stereocenters. The van der Waals surface area contributed by atoms with E-state index >= 15 is 0 Å². The summed E-state index contributed by atoms with van der Waals surface area (Å²) >= 11 is 0. The van der Waals surface area contributed by atoms with Gasteiger partial charge in [0.15, 0.2) is 11.5 Å². The van der Waals surface area contributed by atoms with Crippen LogP contribution < -0.4 is 29.6 Å².